The molecule has 6 heteroatoms. The highest BCUT2D eigenvalue weighted by atomic mass is 16.5. The molecule has 1 aromatic rings. The van der Waals surface area contributed by atoms with E-state index in [1.807, 2.05) is 6.07 Å². The van der Waals surface area contributed by atoms with E-state index in [1.165, 1.54) is 20.0 Å². The Hall–Kier alpha value is -2.26. The van der Waals surface area contributed by atoms with Crippen molar-refractivity contribution in [1.82, 2.24) is 10.2 Å². The lowest BCUT2D eigenvalue weighted by Crippen LogP contribution is -2.34. The number of nitrogens with one attached hydrogen (secondary N) is 1. The van der Waals surface area contributed by atoms with Crippen LogP contribution < -0.4 is 14.8 Å². The predicted octanol–water partition coefficient (Wildman–Crippen LogP) is 1.79. The highest BCUT2D eigenvalue weighted by molar-refractivity contribution is 5.77. The summed E-state index contributed by atoms with van der Waals surface area (Å²) in [5.74, 6) is 1.46. The number of carbonyl (C=O) groups is 1. The Morgan fingerprint density at radius 1 is 1.38 bits per heavy atom. The summed E-state index contributed by atoms with van der Waals surface area (Å²) >= 11 is 0. The van der Waals surface area contributed by atoms with Crippen molar-refractivity contribution >= 4 is 5.91 Å². The Morgan fingerprint density at radius 3 is 2.79 bits per heavy atom. The minimum absolute atomic E-state index is 0.0599. The largest absolute Gasteiger partial charge is 0.493 e. The molecule has 0 atom stereocenters. The van der Waals surface area contributed by atoms with Gasteiger partial charge in [-0.2, -0.15) is 5.26 Å². The van der Waals surface area contributed by atoms with Gasteiger partial charge in [0.05, 0.1) is 18.7 Å². The number of amides is 1. The summed E-state index contributed by atoms with van der Waals surface area (Å²) in [6, 6.07) is 6.91. The first-order chi connectivity index (χ1) is 11.6. The molecule has 0 radical (unpaired) electrons. The summed E-state index contributed by atoms with van der Waals surface area (Å²) < 4.78 is 10.7. The van der Waals surface area contributed by atoms with Crippen LogP contribution in [0.5, 0.6) is 11.5 Å². The fourth-order valence-corrected chi connectivity index (χ4v) is 2.82. The number of rotatable bonds is 7. The van der Waals surface area contributed by atoms with E-state index in [0.717, 1.165) is 19.5 Å². The molecular weight excluding hydrogens is 306 g/mol. The first kappa shape index (κ1) is 18.1. The van der Waals surface area contributed by atoms with Crippen LogP contribution in [0.3, 0.4) is 0 Å². The number of nitriles is 1. The lowest BCUT2D eigenvalue weighted by molar-refractivity contribution is -0.123. The number of piperidine rings is 1. The summed E-state index contributed by atoms with van der Waals surface area (Å²) in [6.45, 7) is 2.90. The third kappa shape index (κ3) is 5.43. The van der Waals surface area contributed by atoms with Crippen LogP contribution in [0.4, 0.5) is 0 Å². The molecule has 0 spiro atoms. The number of likely N-dealkylation sites (tertiary alicyclic amines) is 1. The van der Waals surface area contributed by atoms with Crippen molar-refractivity contribution in [2.45, 2.75) is 19.3 Å². The van der Waals surface area contributed by atoms with Crippen molar-refractivity contribution in [2.75, 3.05) is 40.4 Å². The molecule has 6 nitrogen and oxygen atoms in total. The van der Waals surface area contributed by atoms with Gasteiger partial charge in [-0.15, -0.1) is 0 Å². The number of ether oxygens (including phenoxy) is 2. The van der Waals surface area contributed by atoms with Crippen LogP contribution in [0, 0.1) is 17.2 Å². The number of hydrogen-bond donors (Lipinski definition) is 1. The van der Waals surface area contributed by atoms with Crippen molar-refractivity contribution in [3.05, 3.63) is 23.8 Å². The molecule has 1 saturated heterocycles. The summed E-state index contributed by atoms with van der Waals surface area (Å²) in [5, 5.41) is 11.8. The normalized spacial score (nSPS) is 15.5. The van der Waals surface area contributed by atoms with Gasteiger partial charge in [-0.05, 0) is 57.5 Å². The van der Waals surface area contributed by atoms with Crippen LogP contribution in [-0.4, -0.2) is 51.2 Å². The maximum Gasteiger partial charge on any atom is 0.257 e. The van der Waals surface area contributed by atoms with E-state index in [1.54, 1.807) is 18.2 Å². The Morgan fingerprint density at radius 2 is 2.12 bits per heavy atom. The fraction of sp³-hybridized carbons (Fsp3) is 0.556. The summed E-state index contributed by atoms with van der Waals surface area (Å²) in [6.07, 6.45) is 3.41. The Balaban J connectivity index is 1.70. The van der Waals surface area contributed by atoms with E-state index in [9.17, 15) is 4.79 Å². The number of methoxy groups -OCH3 is 1. The Bertz CT molecular complexity index is 590. The van der Waals surface area contributed by atoms with Gasteiger partial charge in [-0.25, -0.2) is 0 Å². The van der Waals surface area contributed by atoms with E-state index in [4.69, 9.17) is 14.7 Å². The van der Waals surface area contributed by atoms with Gasteiger partial charge in [-0.3, -0.25) is 4.79 Å². The topological polar surface area (TPSA) is 74.6 Å². The zero-order valence-electron chi connectivity index (χ0n) is 14.4. The summed E-state index contributed by atoms with van der Waals surface area (Å²) in [5.41, 5.74) is 0.488. The first-order valence-electron chi connectivity index (χ1n) is 8.28. The van der Waals surface area contributed by atoms with E-state index < -0.39 is 0 Å². The van der Waals surface area contributed by atoms with Crippen LogP contribution in [0.2, 0.25) is 0 Å². The minimum Gasteiger partial charge on any atom is -0.493 e. The molecule has 0 bridgehead atoms. The standard InChI is InChI=1S/C18H25N3O3/c1-21-9-6-14(7-10-21)5-8-20-18(22)13-24-16-4-3-15(12-19)11-17(16)23-2/h3-4,11,14H,5-10,13H2,1-2H3,(H,20,22). The van der Waals surface area contributed by atoms with Crippen molar-refractivity contribution in [2.24, 2.45) is 5.92 Å². The molecule has 130 valence electrons. The third-order valence-electron chi connectivity index (χ3n) is 4.36. The zero-order valence-corrected chi connectivity index (χ0v) is 14.4. The molecule has 1 aliphatic heterocycles. The molecule has 0 aliphatic carbocycles. The van der Waals surface area contributed by atoms with E-state index >= 15 is 0 Å². The lowest BCUT2D eigenvalue weighted by atomic mass is 9.94. The van der Waals surface area contributed by atoms with Gasteiger partial charge in [0.15, 0.2) is 18.1 Å². The molecule has 0 aromatic heterocycles. The van der Waals surface area contributed by atoms with Crippen LogP contribution in [0.1, 0.15) is 24.8 Å². The van der Waals surface area contributed by atoms with Gasteiger partial charge in [0.2, 0.25) is 0 Å². The molecule has 1 amide bonds. The van der Waals surface area contributed by atoms with E-state index in [0.29, 0.717) is 29.5 Å². The number of benzene rings is 1. The molecule has 1 aromatic carbocycles. The van der Waals surface area contributed by atoms with E-state index in [-0.39, 0.29) is 12.5 Å². The van der Waals surface area contributed by atoms with Gasteiger partial charge in [0.25, 0.3) is 5.91 Å². The molecule has 0 unspecified atom stereocenters. The molecule has 1 fully saturated rings. The zero-order chi connectivity index (χ0) is 17.4. The van der Waals surface area contributed by atoms with Crippen molar-refractivity contribution in [3.8, 4) is 17.6 Å². The van der Waals surface area contributed by atoms with Gasteiger partial charge in [0.1, 0.15) is 0 Å². The van der Waals surface area contributed by atoms with Crippen LogP contribution in [0.15, 0.2) is 18.2 Å². The van der Waals surface area contributed by atoms with Gasteiger partial charge in [-0.1, -0.05) is 0 Å². The first-order valence-corrected chi connectivity index (χ1v) is 8.28. The molecule has 2 rings (SSSR count). The quantitative estimate of drug-likeness (QED) is 0.824. The predicted molar refractivity (Wildman–Crippen MR) is 91.1 cm³/mol. The molecule has 1 N–H and O–H groups in total. The highest BCUT2D eigenvalue weighted by Crippen LogP contribution is 2.27. The molecular formula is C18H25N3O3. The third-order valence-corrected chi connectivity index (χ3v) is 4.36. The monoisotopic (exact) mass is 331 g/mol. The summed E-state index contributed by atoms with van der Waals surface area (Å²) in [7, 11) is 3.65. The average molecular weight is 331 g/mol. The van der Waals surface area contributed by atoms with Crippen LogP contribution in [-0.2, 0) is 4.79 Å². The Labute approximate surface area is 143 Å². The molecule has 1 heterocycles. The number of hydrogen-bond acceptors (Lipinski definition) is 5. The fourth-order valence-electron chi connectivity index (χ4n) is 2.82. The van der Waals surface area contributed by atoms with Gasteiger partial charge >= 0.3 is 0 Å². The number of carbonyl (C=O) groups excluding carboxylic acids is 1. The van der Waals surface area contributed by atoms with Crippen LogP contribution >= 0.6 is 0 Å². The maximum atomic E-state index is 11.9. The number of nitrogens with zero attached hydrogens (tertiary/aromatic N) is 2. The molecule has 24 heavy (non-hydrogen) atoms. The van der Waals surface area contributed by atoms with Crippen LogP contribution in [0.25, 0.3) is 0 Å². The molecule has 1 aliphatic rings. The minimum atomic E-state index is -0.144. The van der Waals surface area contributed by atoms with Crippen molar-refractivity contribution < 1.29 is 14.3 Å². The highest BCUT2D eigenvalue weighted by Gasteiger charge is 2.16. The second-order valence-electron chi connectivity index (χ2n) is 6.15. The van der Waals surface area contributed by atoms with Gasteiger partial charge in [0, 0.05) is 12.6 Å². The van der Waals surface area contributed by atoms with E-state index in [2.05, 4.69) is 17.3 Å². The average Bonchev–Trinajstić information content (AvgIpc) is 2.61. The maximum absolute atomic E-state index is 11.9. The summed E-state index contributed by atoms with van der Waals surface area (Å²) in [4.78, 5) is 14.2. The van der Waals surface area contributed by atoms with Gasteiger partial charge < -0.3 is 19.7 Å². The smallest absolute Gasteiger partial charge is 0.257 e. The van der Waals surface area contributed by atoms with Crippen molar-refractivity contribution in [1.29, 1.82) is 5.26 Å². The van der Waals surface area contributed by atoms with Crippen molar-refractivity contribution in [3.63, 3.8) is 0 Å². The second-order valence-corrected chi connectivity index (χ2v) is 6.15. The second kappa shape index (κ2) is 9.14. The lowest BCUT2D eigenvalue weighted by Gasteiger charge is -2.28. The molecule has 0 saturated carbocycles. The SMILES string of the molecule is COc1cc(C#N)ccc1OCC(=O)NCCC1CCN(C)CC1. The Kier molecular flexibility index (Phi) is 6.89.